The Hall–Kier alpha value is -0.370. The number of pyridine rings is 1. The fourth-order valence-corrected chi connectivity index (χ4v) is 3.20. The van der Waals surface area contributed by atoms with Gasteiger partial charge in [-0.1, -0.05) is 26.7 Å². The first-order valence-electron chi connectivity index (χ1n) is 5.84. The van der Waals surface area contributed by atoms with Gasteiger partial charge in [0.15, 0.2) is 0 Å². The first-order chi connectivity index (χ1) is 7.18. The first-order valence-corrected chi connectivity index (χ1v) is 6.63. The summed E-state index contributed by atoms with van der Waals surface area (Å²) in [5.74, 6) is 1.26. The average molecular weight is 268 g/mol. The Morgan fingerprint density at radius 2 is 2.00 bits per heavy atom. The van der Waals surface area contributed by atoms with Crippen LogP contribution < -0.4 is 0 Å². The molecular formula is C13H18BrN. The molecule has 1 aliphatic rings. The van der Waals surface area contributed by atoms with E-state index >= 15 is 0 Å². The molecule has 0 bridgehead atoms. The lowest BCUT2D eigenvalue weighted by molar-refractivity contribution is 0.712. The van der Waals surface area contributed by atoms with E-state index in [0.29, 0.717) is 5.92 Å². The Kier molecular flexibility index (Phi) is 3.45. The van der Waals surface area contributed by atoms with Gasteiger partial charge in [0, 0.05) is 10.7 Å². The number of hydrogen-bond acceptors (Lipinski definition) is 1. The minimum absolute atomic E-state index is 0.497. The van der Waals surface area contributed by atoms with E-state index in [2.05, 4.69) is 47.0 Å². The second kappa shape index (κ2) is 4.65. The highest BCUT2D eigenvalue weighted by atomic mass is 79.9. The molecule has 1 fully saturated rings. The molecule has 1 aliphatic carbocycles. The lowest BCUT2D eigenvalue weighted by Gasteiger charge is -2.13. The number of aromatic nitrogens is 1. The molecule has 1 aromatic heterocycles. The van der Waals surface area contributed by atoms with Gasteiger partial charge in [0.05, 0.1) is 5.69 Å². The summed E-state index contributed by atoms with van der Waals surface area (Å²) in [6, 6.07) is 2.28. The van der Waals surface area contributed by atoms with Crippen LogP contribution in [0.2, 0.25) is 0 Å². The van der Waals surface area contributed by atoms with Gasteiger partial charge < -0.3 is 0 Å². The molecule has 82 valence electrons. The lowest BCUT2D eigenvalue weighted by Crippen LogP contribution is -1.99. The van der Waals surface area contributed by atoms with Crippen molar-refractivity contribution in [3.63, 3.8) is 0 Å². The Morgan fingerprint density at radius 1 is 1.33 bits per heavy atom. The monoisotopic (exact) mass is 267 g/mol. The zero-order valence-corrected chi connectivity index (χ0v) is 11.0. The number of rotatable bonds is 2. The molecule has 0 aliphatic heterocycles. The lowest BCUT2D eigenvalue weighted by atomic mass is 9.98. The fourth-order valence-electron chi connectivity index (χ4n) is 2.37. The standard InChI is InChI=1S/C13H18BrN/c1-9(2)13-12(14)7-11(8-15-13)10-5-3-4-6-10/h7-10H,3-6H2,1-2H3. The van der Waals surface area contributed by atoms with Gasteiger partial charge in [0.2, 0.25) is 0 Å². The third kappa shape index (κ3) is 2.41. The summed E-state index contributed by atoms with van der Waals surface area (Å²) >= 11 is 3.63. The van der Waals surface area contributed by atoms with Gasteiger partial charge in [-0.2, -0.15) is 0 Å². The van der Waals surface area contributed by atoms with E-state index in [9.17, 15) is 0 Å². The maximum atomic E-state index is 4.58. The molecule has 1 heterocycles. The van der Waals surface area contributed by atoms with E-state index in [-0.39, 0.29) is 0 Å². The molecule has 0 radical (unpaired) electrons. The van der Waals surface area contributed by atoms with Crippen LogP contribution >= 0.6 is 15.9 Å². The highest BCUT2D eigenvalue weighted by Crippen LogP contribution is 2.35. The van der Waals surface area contributed by atoms with Crippen LogP contribution in [0.4, 0.5) is 0 Å². The SMILES string of the molecule is CC(C)c1ncc(C2CCCC2)cc1Br. The summed E-state index contributed by atoms with van der Waals surface area (Å²) in [5.41, 5.74) is 2.60. The normalized spacial score (nSPS) is 17.6. The van der Waals surface area contributed by atoms with Crippen LogP contribution in [0.15, 0.2) is 16.7 Å². The minimum Gasteiger partial charge on any atom is -0.260 e. The molecule has 15 heavy (non-hydrogen) atoms. The van der Waals surface area contributed by atoms with E-state index in [1.165, 1.54) is 41.4 Å². The predicted octanol–water partition coefficient (Wildman–Crippen LogP) is 4.63. The van der Waals surface area contributed by atoms with Crippen molar-refractivity contribution in [2.24, 2.45) is 0 Å². The van der Waals surface area contributed by atoms with Gasteiger partial charge in [-0.3, -0.25) is 4.98 Å². The van der Waals surface area contributed by atoms with Gasteiger partial charge in [0.1, 0.15) is 0 Å². The van der Waals surface area contributed by atoms with Crippen molar-refractivity contribution in [3.05, 3.63) is 28.0 Å². The molecule has 0 saturated heterocycles. The van der Waals surface area contributed by atoms with E-state index in [4.69, 9.17) is 0 Å². The second-order valence-electron chi connectivity index (χ2n) is 4.77. The molecule has 0 aromatic carbocycles. The van der Waals surface area contributed by atoms with E-state index in [0.717, 1.165) is 5.92 Å². The zero-order chi connectivity index (χ0) is 10.8. The van der Waals surface area contributed by atoms with Gasteiger partial charge in [-0.25, -0.2) is 0 Å². The van der Waals surface area contributed by atoms with Crippen LogP contribution in [-0.2, 0) is 0 Å². The Labute approximate surface area is 100 Å². The Bertz CT molecular complexity index is 340. The molecule has 2 rings (SSSR count). The van der Waals surface area contributed by atoms with Gasteiger partial charge in [-0.15, -0.1) is 0 Å². The topological polar surface area (TPSA) is 12.9 Å². The summed E-state index contributed by atoms with van der Waals surface area (Å²) in [4.78, 5) is 4.58. The zero-order valence-electron chi connectivity index (χ0n) is 9.46. The molecule has 0 atom stereocenters. The van der Waals surface area contributed by atoms with Crippen molar-refractivity contribution in [1.82, 2.24) is 4.98 Å². The highest BCUT2D eigenvalue weighted by Gasteiger charge is 2.18. The van der Waals surface area contributed by atoms with Crippen molar-refractivity contribution >= 4 is 15.9 Å². The van der Waals surface area contributed by atoms with E-state index in [1.54, 1.807) is 0 Å². The summed E-state index contributed by atoms with van der Waals surface area (Å²) in [7, 11) is 0. The molecule has 0 spiro atoms. The molecule has 1 nitrogen and oxygen atoms in total. The van der Waals surface area contributed by atoms with Crippen molar-refractivity contribution < 1.29 is 0 Å². The minimum atomic E-state index is 0.497. The summed E-state index contributed by atoms with van der Waals surface area (Å²) < 4.78 is 1.18. The Morgan fingerprint density at radius 3 is 2.53 bits per heavy atom. The first kappa shape index (κ1) is 11.1. The maximum absolute atomic E-state index is 4.58. The smallest absolute Gasteiger partial charge is 0.0570 e. The molecule has 1 aromatic rings. The molecule has 2 heteroatoms. The quantitative estimate of drug-likeness (QED) is 0.762. The number of halogens is 1. The maximum Gasteiger partial charge on any atom is 0.0570 e. The average Bonchev–Trinajstić information content (AvgIpc) is 2.69. The van der Waals surface area contributed by atoms with Crippen LogP contribution in [0.1, 0.15) is 62.6 Å². The van der Waals surface area contributed by atoms with Crippen molar-refractivity contribution in [1.29, 1.82) is 0 Å². The van der Waals surface area contributed by atoms with Crippen LogP contribution in [0.25, 0.3) is 0 Å². The molecule has 0 amide bonds. The van der Waals surface area contributed by atoms with Crippen molar-refractivity contribution in [2.45, 2.75) is 51.4 Å². The molecule has 0 unspecified atom stereocenters. The Balaban J connectivity index is 2.24. The highest BCUT2D eigenvalue weighted by molar-refractivity contribution is 9.10. The van der Waals surface area contributed by atoms with Crippen molar-refractivity contribution in [3.8, 4) is 0 Å². The van der Waals surface area contributed by atoms with Crippen molar-refractivity contribution in [2.75, 3.05) is 0 Å². The third-order valence-electron chi connectivity index (χ3n) is 3.26. The predicted molar refractivity (Wildman–Crippen MR) is 67.2 cm³/mol. The van der Waals surface area contributed by atoms with Gasteiger partial charge in [0.25, 0.3) is 0 Å². The van der Waals surface area contributed by atoms with Gasteiger partial charge in [-0.05, 0) is 52.2 Å². The molecule has 0 N–H and O–H groups in total. The van der Waals surface area contributed by atoms with Crippen LogP contribution in [0.3, 0.4) is 0 Å². The van der Waals surface area contributed by atoms with Crippen LogP contribution in [0, 0.1) is 0 Å². The fraction of sp³-hybridized carbons (Fsp3) is 0.615. The third-order valence-corrected chi connectivity index (χ3v) is 3.90. The summed E-state index contributed by atoms with van der Waals surface area (Å²) in [6.45, 7) is 4.37. The largest absolute Gasteiger partial charge is 0.260 e. The van der Waals surface area contributed by atoms with E-state index in [1.807, 2.05) is 0 Å². The van der Waals surface area contributed by atoms with Crippen LogP contribution in [0.5, 0.6) is 0 Å². The van der Waals surface area contributed by atoms with E-state index < -0.39 is 0 Å². The second-order valence-corrected chi connectivity index (χ2v) is 5.63. The molecule has 1 saturated carbocycles. The summed E-state index contributed by atoms with van der Waals surface area (Å²) in [6.07, 6.45) is 7.53. The van der Waals surface area contributed by atoms with Gasteiger partial charge >= 0.3 is 0 Å². The molecular weight excluding hydrogens is 250 g/mol. The number of hydrogen-bond donors (Lipinski definition) is 0. The summed E-state index contributed by atoms with van der Waals surface area (Å²) in [5, 5.41) is 0. The number of nitrogens with zero attached hydrogens (tertiary/aromatic N) is 1. The van der Waals surface area contributed by atoms with Crippen LogP contribution in [-0.4, -0.2) is 4.98 Å².